The topological polar surface area (TPSA) is 38.3 Å². The summed E-state index contributed by atoms with van der Waals surface area (Å²) in [7, 11) is 1.65. The summed E-state index contributed by atoms with van der Waals surface area (Å²) in [5.74, 6) is 2.43. The molecule has 0 spiro atoms. The fourth-order valence-corrected chi connectivity index (χ4v) is 3.54. The average molecular weight is 271 g/mol. The van der Waals surface area contributed by atoms with Crippen molar-refractivity contribution < 1.29 is 9.53 Å². The van der Waals surface area contributed by atoms with Gasteiger partial charge in [0, 0.05) is 12.1 Å². The number of hydrogen-bond acceptors (Lipinski definition) is 2. The van der Waals surface area contributed by atoms with Gasteiger partial charge in [0.2, 0.25) is 5.91 Å². The molecule has 2 bridgehead atoms. The molecule has 2 fully saturated rings. The summed E-state index contributed by atoms with van der Waals surface area (Å²) < 4.78 is 5.11. The van der Waals surface area contributed by atoms with E-state index in [1.54, 1.807) is 13.2 Å². The lowest BCUT2D eigenvalue weighted by molar-refractivity contribution is -0.117. The van der Waals surface area contributed by atoms with Gasteiger partial charge in [-0.15, -0.1) is 0 Å². The van der Waals surface area contributed by atoms with Crippen molar-refractivity contribution in [1.82, 2.24) is 5.32 Å². The van der Waals surface area contributed by atoms with Gasteiger partial charge >= 0.3 is 0 Å². The van der Waals surface area contributed by atoms with E-state index >= 15 is 0 Å². The van der Waals surface area contributed by atoms with Crippen molar-refractivity contribution in [2.75, 3.05) is 7.11 Å². The summed E-state index contributed by atoms with van der Waals surface area (Å²) in [6.07, 6.45) is 8.62. The van der Waals surface area contributed by atoms with Crippen LogP contribution in [-0.2, 0) is 4.79 Å². The van der Waals surface area contributed by atoms with Gasteiger partial charge in [0.1, 0.15) is 5.75 Å². The second kappa shape index (κ2) is 5.70. The molecule has 0 heterocycles. The van der Waals surface area contributed by atoms with Crippen LogP contribution >= 0.6 is 0 Å². The van der Waals surface area contributed by atoms with E-state index < -0.39 is 0 Å². The SMILES string of the molecule is COc1ccc(/C=C/C(=O)N[C@@H]2C[C@@H]3CC[C@@H]2C3)cc1. The maximum atomic E-state index is 11.9. The molecule has 3 atom stereocenters. The first-order chi connectivity index (χ1) is 9.74. The molecule has 3 nitrogen and oxygen atoms in total. The van der Waals surface area contributed by atoms with Crippen molar-refractivity contribution in [2.24, 2.45) is 11.8 Å². The van der Waals surface area contributed by atoms with Crippen LogP contribution in [0.5, 0.6) is 5.75 Å². The minimum Gasteiger partial charge on any atom is -0.497 e. The molecule has 2 aliphatic carbocycles. The van der Waals surface area contributed by atoms with Crippen LogP contribution in [-0.4, -0.2) is 19.1 Å². The number of ether oxygens (including phenoxy) is 1. The molecule has 20 heavy (non-hydrogen) atoms. The van der Waals surface area contributed by atoms with Gasteiger partial charge < -0.3 is 10.1 Å². The monoisotopic (exact) mass is 271 g/mol. The Kier molecular flexibility index (Phi) is 3.77. The first-order valence-electron chi connectivity index (χ1n) is 7.37. The maximum absolute atomic E-state index is 11.9. The van der Waals surface area contributed by atoms with E-state index in [9.17, 15) is 4.79 Å². The van der Waals surface area contributed by atoms with Crippen LogP contribution in [0.1, 0.15) is 31.2 Å². The van der Waals surface area contributed by atoms with E-state index in [2.05, 4.69) is 5.32 Å². The third-order valence-corrected chi connectivity index (χ3v) is 4.61. The Bertz CT molecular complexity index is 506. The lowest BCUT2D eigenvalue weighted by Gasteiger charge is -2.22. The summed E-state index contributed by atoms with van der Waals surface area (Å²) in [4.78, 5) is 11.9. The summed E-state index contributed by atoms with van der Waals surface area (Å²) in [6.45, 7) is 0. The summed E-state index contributed by atoms with van der Waals surface area (Å²) >= 11 is 0. The fourth-order valence-electron chi connectivity index (χ4n) is 3.54. The predicted octanol–water partition coefficient (Wildman–Crippen LogP) is 3.01. The van der Waals surface area contributed by atoms with Crippen LogP contribution in [0.15, 0.2) is 30.3 Å². The Morgan fingerprint density at radius 3 is 2.65 bits per heavy atom. The van der Waals surface area contributed by atoms with E-state index in [0.717, 1.165) is 23.1 Å². The molecule has 1 aromatic rings. The zero-order valence-corrected chi connectivity index (χ0v) is 11.8. The van der Waals surface area contributed by atoms with Gasteiger partial charge in [-0.2, -0.15) is 0 Å². The molecule has 2 aliphatic rings. The highest BCUT2D eigenvalue weighted by Gasteiger charge is 2.39. The Morgan fingerprint density at radius 2 is 2.05 bits per heavy atom. The third kappa shape index (κ3) is 2.87. The van der Waals surface area contributed by atoms with Crippen LogP contribution in [0.4, 0.5) is 0 Å². The van der Waals surface area contributed by atoms with Gasteiger partial charge in [-0.3, -0.25) is 4.79 Å². The van der Waals surface area contributed by atoms with E-state index in [-0.39, 0.29) is 5.91 Å². The Labute approximate surface area is 120 Å². The number of carbonyl (C=O) groups is 1. The maximum Gasteiger partial charge on any atom is 0.244 e. The third-order valence-electron chi connectivity index (χ3n) is 4.61. The summed E-state index contributed by atoms with van der Waals surface area (Å²) in [6, 6.07) is 8.09. The molecule has 0 saturated heterocycles. The normalized spacial score (nSPS) is 27.9. The molecule has 0 aromatic heterocycles. The number of rotatable bonds is 4. The minimum atomic E-state index is 0.0263. The number of methoxy groups -OCH3 is 1. The van der Waals surface area contributed by atoms with Crippen LogP contribution in [0.3, 0.4) is 0 Å². The first-order valence-corrected chi connectivity index (χ1v) is 7.37. The Morgan fingerprint density at radius 1 is 1.25 bits per heavy atom. The van der Waals surface area contributed by atoms with E-state index in [0.29, 0.717) is 6.04 Å². The van der Waals surface area contributed by atoms with Crippen molar-refractivity contribution in [3.63, 3.8) is 0 Å². The molecule has 0 aliphatic heterocycles. The van der Waals surface area contributed by atoms with Gasteiger partial charge in [0.25, 0.3) is 0 Å². The lowest BCUT2D eigenvalue weighted by Crippen LogP contribution is -2.37. The standard InChI is InChI=1S/C17H21NO2/c1-20-15-7-3-12(4-8-15)5-9-17(19)18-16-11-13-2-6-14(16)10-13/h3-5,7-9,13-14,16H,2,6,10-11H2,1H3,(H,18,19)/b9-5+/t13-,14-,16-/m1/s1. The number of carbonyl (C=O) groups excluding carboxylic acids is 1. The lowest BCUT2D eigenvalue weighted by atomic mass is 9.95. The quantitative estimate of drug-likeness (QED) is 0.855. The van der Waals surface area contributed by atoms with Crippen LogP contribution in [0.2, 0.25) is 0 Å². The molecule has 1 N–H and O–H groups in total. The van der Waals surface area contributed by atoms with Crippen molar-refractivity contribution in [2.45, 2.75) is 31.7 Å². The molecule has 0 unspecified atom stereocenters. The van der Waals surface area contributed by atoms with Gasteiger partial charge in [-0.25, -0.2) is 0 Å². The molecule has 1 amide bonds. The molecule has 106 valence electrons. The van der Waals surface area contributed by atoms with E-state index in [4.69, 9.17) is 4.74 Å². The smallest absolute Gasteiger partial charge is 0.244 e. The zero-order valence-electron chi connectivity index (χ0n) is 11.8. The van der Waals surface area contributed by atoms with Crippen molar-refractivity contribution >= 4 is 12.0 Å². The molecule has 2 saturated carbocycles. The predicted molar refractivity (Wildman–Crippen MR) is 79.4 cm³/mol. The summed E-state index contributed by atoms with van der Waals surface area (Å²) in [5, 5.41) is 3.15. The van der Waals surface area contributed by atoms with Gasteiger partial charge in [0.05, 0.1) is 7.11 Å². The molecular weight excluding hydrogens is 250 g/mol. The highest BCUT2D eigenvalue weighted by Crippen LogP contribution is 2.44. The van der Waals surface area contributed by atoms with Crippen LogP contribution in [0, 0.1) is 11.8 Å². The van der Waals surface area contributed by atoms with Crippen molar-refractivity contribution in [3.05, 3.63) is 35.9 Å². The van der Waals surface area contributed by atoms with E-state index in [1.165, 1.54) is 25.7 Å². The highest BCUT2D eigenvalue weighted by atomic mass is 16.5. The largest absolute Gasteiger partial charge is 0.497 e. The molecular formula is C17H21NO2. The fraction of sp³-hybridized carbons (Fsp3) is 0.471. The molecule has 3 rings (SSSR count). The number of amides is 1. The second-order valence-electron chi connectivity index (χ2n) is 5.90. The van der Waals surface area contributed by atoms with Crippen molar-refractivity contribution in [1.29, 1.82) is 0 Å². The Hall–Kier alpha value is -1.77. The molecule has 1 aromatic carbocycles. The van der Waals surface area contributed by atoms with Crippen LogP contribution < -0.4 is 10.1 Å². The molecule has 3 heteroatoms. The van der Waals surface area contributed by atoms with Crippen molar-refractivity contribution in [3.8, 4) is 5.75 Å². The van der Waals surface area contributed by atoms with Gasteiger partial charge in [-0.1, -0.05) is 18.6 Å². The minimum absolute atomic E-state index is 0.0263. The second-order valence-corrected chi connectivity index (χ2v) is 5.90. The number of fused-ring (bicyclic) bond motifs is 2. The van der Waals surface area contributed by atoms with Gasteiger partial charge in [-0.05, 0) is 54.9 Å². The zero-order chi connectivity index (χ0) is 13.9. The average Bonchev–Trinajstić information content (AvgIpc) is 3.08. The Balaban J connectivity index is 1.54. The first kappa shape index (κ1) is 13.2. The van der Waals surface area contributed by atoms with Gasteiger partial charge in [0.15, 0.2) is 0 Å². The molecule has 0 radical (unpaired) electrons. The number of nitrogens with one attached hydrogen (secondary N) is 1. The van der Waals surface area contributed by atoms with E-state index in [1.807, 2.05) is 30.3 Å². The summed E-state index contributed by atoms with van der Waals surface area (Å²) in [5.41, 5.74) is 1.01. The number of hydrogen-bond donors (Lipinski definition) is 1. The number of benzene rings is 1. The van der Waals surface area contributed by atoms with Crippen LogP contribution in [0.25, 0.3) is 6.08 Å². The highest BCUT2D eigenvalue weighted by molar-refractivity contribution is 5.91.